The van der Waals surface area contributed by atoms with Crippen molar-refractivity contribution >= 4 is 31.6 Å². The van der Waals surface area contributed by atoms with Gasteiger partial charge in [-0.25, -0.2) is 8.42 Å². The highest BCUT2D eigenvalue weighted by molar-refractivity contribution is 9.10. The first kappa shape index (κ1) is 12.5. The Balaban J connectivity index is 2.99. The molecule has 1 rings (SSSR count). The molecule has 0 aliphatic carbocycles. The molecular formula is C9H8BrN3O2S. The third kappa shape index (κ3) is 2.98. The number of rotatable bonds is 3. The molecule has 0 amide bonds. The van der Waals surface area contributed by atoms with E-state index >= 15 is 0 Å². The lowest BCUT2D eigenvalue weighted by atomic mass is 10.3. The number of nitrogens with zero attached hydrogens (tertiary/aromatic N) is 1. The van der Waals surface area contributed by atoms with Crippen molar-refractivity contribution in [2.75, 3.05) is 4.72 Å². The third-order valence-electron chi connectivity index (χ3n) is 1.65. The molecule has 0 saturated carbocycles. The number of nitriles is 1. The van der Waals surface area contributed by atoms with E-state index in [9.17, 15) is 8.42 Å². The molecule has 1 aromatic rings. The summed E-state index contributed by atoms with van der Waals surface area (Å²) in [6, 6.07) is 7.98. The second-order valence-corrected chi connectivity index (χ2v) is 5.32. The molecule has 1 aromatic carbocycles. The van der Waals surface area contributed by atoms with Gasteiger partial charge in [0.05, 0.1) is 0 Å². The summed E-state index contributed by atoms with van der Waals surface area (Å²) in [7, 11) is -3.88. The monoisotopic (exact) mass is 301 g/mol. The molecule has 5 nitrogen and oxygen atoms in total. The molecule has 7 heteroatoms. The quantitative estimate of drug-likeness (QED) is 0.827. The van der Waals surface area contributed by atoms with Crippen LogP contribution < -0.4 is 10.5 Å². The van der Waals surface area contributed by atoms with Crippen LogP contribution >= 0.6 is 15.9 Å². The molecule has 3 N–H and O–H groups in total. The fourth-order valence-corrected chi connectivity index (χ4v) is 2.03. The molecule has 0 aliphatic heterocycles. The van der Waals surface area contributed by atoms with Gasteiger partial charge in [0.25, 0.3) is 10.0 Å². The van der Waals surface area contributed by atoms with Crippen molar-refractivity contribution in [3.63, 3.8) is 0 Å². The first-order chi connectivity index (χ1) is 7.49. The summed E-state index contributed by atoms with van der Waals surface area (Å²) in [6.45, 7) is 0. The van der Waals surface area contributed by atoms with Crippen LogP contribution in [0.5, 0.6) is 0 Å². The predicted molar refractivity (Wildman–Crippen MR) is 64.6 cm³/mol. The van der Waals surface area contributed by atoms with Crippen LogP contribution in [0.3, 0.4) is 0 Å². The Morgan fingerprint density at radius 3 is 2.44 bits per heavy atom. The van der Waals surface area contributed by atoms with Gasteiger partial charge in [0.1, 0.15) is 6.07 Å². The number of nitrogens with one attached hydrogen (secondary N) is 1. The Kier molecular flexibility index (Phi) is 3.93. The summed E-state index contributed by atoms with van der Waals surface area (Å²) >= 11 is 3.22. The zero-order valence-corrected chi connectivity index (χ0v) is 10.4. The molecule has 0 aliphatic rings. The van der Waals surface area contributed by atoms with Gasteiger partial charge >= 0.3 is 0 Å². The first-order valence-electron chi connectivity index (χ1n) is 4.10. The minimum Gasteiger partial charge on any atom is -0.403 e. The van der Waals surface area contributed by atoms with E-state index in [0.29, 0.717) is 5.69 Å². The van der Waals surface area contributed by atoms with Gasteiger partial charge in [0.2, 0.25) is 0 Å². The number of halogens is 1. The maximum absolute atomic E-state index is 11.6. The van der Waals surface area contributed by atoms with Gasteiger partial charge in [-0.2, -0.15) is 5.26 Å². The van der Waals surface area contributed by atoms with Crippen LogP contribution in [0.2, 0.25) is 0 Å². The maximum Gasteiger partial charge on any atom is 0.273 e. The van der Waals surface area contributed by atoms with Crippen LogP contribution in [-0.2, 0) is 10.0 Å². The summed E-state index contributed by atoms with van der Waals surface area (Å²) in [5.74, 6) is 0. The molecule has 16 heavy (non-hydrogen) atoms. The summed E-state index contributed by atoms with van der Waals surface area (Å²) in [6.07, 6.45) is 0.751. The summed E-state index contributed by atoms with van der Waals surface area (Å²) in [5, 5.41) is 8.56. The van der Waals surface area contributed by atoms with E-state index in [1.54, 1.807) is 24.3 Å². The van der Waals surface area contributed by atoms with Gasteiger partial charge in [-0.1, -0.05) is 15.9 Å². The van der Waals surface area contributed by atoms with Crippen molar-refractivity contribution in [1.82, 2.24) is 0 Å². The van der Waals surface area contributed by atoms with E-state index in [4.69, 9.17) is 11.0 Å². The molecule has 0 spiro atoms. The van der Waals surface area contributed by atoms with Crippen molar-refractivity contribution < 1.29 is 8.42 Å². The normalized spacial score (nSPS) is 11.9. The van der Waals surface area contributed by atoms with E-state index in [-0.39, 0.29) is 0 Å². The summed E-state index contributed by atoms with van der Waals surface area (Å²) in [4.78, 5) is -0.518. The SMILES string of the molecule is N#C/C(=C\N)S(=O)(=O)Nc1ccc(Br)cc1. The van der Waals surface area contributed by atoms with E-state index in [2.05, 4.69) is 20.7 Å². The highest BCUT2D eigenvalue weighted by atomic mass is 79.9. The van der Waals surface area contributed by atoms with Crippen molar-refractivity contribution in [2.24, 2.45) is 5.73 Å². The van der Waals surface area contributed by atoms with Crippen LogP contribution in [0, 0.1) is 11.3 Å². The van der Waals surface area contributed by atoms with E-state index < -0.39 is 14.9 Å². The summed E-state index contributed by atoms with van der Waals surface area (Å²) in [5.41, 5.74) is 5.40. The first-order valence-corrected chi connectivity index (χ1v) is 6.37. The highest BCUT2D eigenvalue weighted by Crippen LogP contribution is 2.17. The molecule has 0 radical (unpaired) electrons. The smallest absolute Gasteiger partial charge is 0.273 e. The van der Waals surface area contributed by atoms with E-state index in [1.165, 1.54) is 6.07 Å². The lowest BCUT2D eigenvalue weighted by Crippen LogP contribution is -2.15. The predicted octanol–water partition coefficient (Wildman–Crippen LogP) is 1.51. The maximum atomic E-state index is 11.6. The van der Waals surface area contributed by atoms with Crippen molar-refractivity contribution in [1.29, 1.82) is 5.26 Å². The van der Waals surface area contributed by atoms with Crippen molar-refractivity contribution in [3.8, 4) is 6.07 Å². The molecular weight excluding hydrogens is 294 g/mol. The van der Waals surface area contributed by atoms with Crippen LogP contribution in [0.15, 0.2) is 39.8 Å². The molecule has 0 bridgehead atoms. The zero-order chi connectivity index (χ0) is 12.2. The van der Waals surface area contributed by atoms with Crippen LogP contribution in [0.4, 0.5) is 5.69 Å². The van der Waals surface area contributed by atoms with Crippen LogP contribution in [-0.4, -0.2) is 8.42 Å². The zero-order valence-electron chi connectivity index (χ0n) is 8.01. The molecule has 0 aromatic heterocycles. The molecule has 0 fully saturated rings. The van der Waals surface area contributed by atoms with Gasteiger partial charge in [0, 0.05) is 16.4 Å². The van der Waals surface area contributed by atoms with Crippen LogP contribution in [0.25, 0.3) is 0 Å². The lowest BCUT2D eigenvalue weighted by Gasteiger charge is -2.05. The van der Waals surface area contributed by atoms with Gasteiger partial charge in [0.15, 0.2) is 4.91 Å². The average Bonchev–Trinajstić information content (AvgIpc) is 2.22. The second-order valence-electron chi connectivity index (χ2n) is 2.76. The Morgan fingerprint density at radius 2 is 2.00 bits per heavy atom. The minimum atomic E-state index is -3.88. The number of allylic oxidation sites excluding steroid dienone is 1. The Morgan fingerprint density at radius 1 is 1.44 bits per heavy atom. The lowest BCUT2D eigenvalue weighted by molar-refractivity contribution is 0.608. The number of hydrogen-bond donors (Lipinski definition) is 2. The summed E-state index contributed by atoms with van der Waals surface area (Å²) < 4.78 is 26.2. The van der Waals surface area contributed by atoms with E-state index in [1.807, 2.05) is 0 Å². The van der Waals surface area contributed by atoms with E-state index in [0.717, 1.165) is 10.7 Å². The number of nitrogens with two attached hydrogens (primary N) is 1. The number of benzene rings is 1. The molecule has 0 unspecified atom stereocenters. The largest absolute Gasteiger partial charge is 0.403 e. The molecule has 0 atom stereocenters. The standard InChI is InChI=1S/C9H8BrN3O2S/c10-7-1-3-8(4-2-7)13-16(14,15)9(5-11)6-12/h1-5,13H,11H2/b9-5+. The van der Waals surface area contributed by atoms with Gasteiger partial charge < -0.3 is 5.73 Å². The third-order valence-corrected chi connectivity index (χ3v) is 3.49. The van der Waals surface area contributed by atoms with Gasteiger partial charge in [-0.15, -0.1) is 0 Å². The van der Waals surface area contributed by atoms with Crippen LogP contribution in [0.1, 0.15) is 0 Å². The minimum absolute atomic E-state index is 0.359. The molecule has 0 saturated heterocycles. The number of hydrogen-bond acceptors (Lipinski definition) is 4. The van der Waals surface area contributed by atoms with Gasteiger partial charge in [-0.05, 0) is 24.3 Å². The highest BCUT2D eigenvalue weighted by Gasteiger charge is 2.16. The Labute approximate surface area is 102 Å². The fourth-order valence-electron chi connectivity index (χ4n) is 0.915. The fraction of sp³-hybridized carbons (Fsp3) is 0. The molecule has 84 valence electrons. The van der Waals surface area contributed by atoms with Gasteiger partial charge in [-0.3, -0.25) is 4.72 Å². The number of sulfonamides is 1. The van der Waals surface area contributed by atoms with Crippen molar-refractivity contribution in [3.05, 3.63) is 39.8 Å². The Hall–Kier alpha value is -1.52. The average molecular weight is 302 g/mol. The topological polar surface area (TPSA) is 96.0 Å². The number of anilines is 1. The Bertz CT molecular complexity index is 543. The second kappa shape index (κ2) is 5.01. The van der Waals surface area contributed by atoms with Crippen molar-refractivity contribution in [2.45, 2.75) is 0 Å². The molecule has 0 heterocycles.